The van der Waals surface area contributed by atoms with E-state index in [9.17, 15) is 0 Å². The molecule has 0 aromatic heterocycles. The Hall–Kier alpha value is -1.12. The number of allylic oxidation sites excluding steroid dienone is 2. The van der Waals surface area contributed by atoms with Gasteiger partial charge in [-0.15, -0.1) is 0 Å². The Balaban J connectivity index is 1.72. The van der Waals surface area contributed by atoms with Crippen LogP contribution in [0.1, 0.15) is 102 Å². The minimum absolute atomic E-state index is 0.535. The van der Waals surface area contributed by atoms with E-state index in [4.69, 9.17) is 9.78 Å². The Labute approximate surface area is 168 Å². The molecule has 0 aliphatic rings. The lowest BCUT2D eigenvalue weighted by atomic mass is 10.1. The van der Waals surface area contributed by atoms with Crippen LogP contribution in [0.15, 0.2) is 42.5 Å². The number of unbranched alkanes of at least 4 members (excludes halogenated alkanes) is 12. The fourth-order valence-electron chi connectivity index (χ4n) is 3.15. The van der Waals surface area contributed by atoms with Crippen LogP contribution in [-0.4, -0.2) is 6.61 Å². The summed E-state index contributed by atoms with van der Waals surface area (Å²) in [6.45, 7) is 3.52. The maximum Gasteiger partial charge on any atom is 0.107 e. The van der Waals surface area contributed by atoms with Crippen molar-refractivity contribution < 1.29 is 9.78 Å². The van der Waals surface area contributed by atoms with E-state index in [1.807, 2.05) is 30.3 Å². The molecule has 0 saturated heterocycles. The average molecular weight is 375 g/mol. The average Bonchev–Trinajstić information content (AvgIpc) is 2.70. The monoisotopic (exact) mass is 374 g/mol. The van der Waals surface area contributed by atoms with Crippen molar-refractivity contribution in [3.8, 4) is 0 Å². The van der Waals surface area contributed by atoms with Crippen molar-refractivity contribution >= 4 is 0 Å². The summed E-state index contributed by atoms with van der Waals surface area (Å²) >= 11 is 0. The van der Waals surface area contributed by atoms with Crippen LogP contribution >= 0.6 is 0 Å². The highest BCUT2D eigenvalue weighted by atomic mass is 17.2. The molecule has 0 spiro atoms. The van der Waals surface area contributed by atoms with Crippen LogP contribution in [0.25, 0.3) is 0 Å². The van der Waals surface area contributed by atoms with Gasteiger partial charge in [-0.2, -0.15) is 0 Å². The summed E-state index contributed by atoms with van der Waals surface area (Å²) in [6.07, 6.45) is 23.4. The van der Waals surface area contributed by atoms with Gasteiger partial charge in [-0.3, -0.25) is 0 Å². The second kappa shape index (κ2) is 19.6. The highest BCUT2D eigenvalue weighted by molar-refractivity contribution is 5.13. The molecule has 0 atom stereocenters. The van der Waals surface area contributed by atoms with Gasteiger partial charge in [0, 0.05) is 0 Å². The smallest absolute Gasteiger partial charge is 0.107 e. The zero-order chi connectivity index (χ0) is 19.3. The summed E-state index contributed by atoms with van der Waals surface area (Å²) in [7, 11) is 0. The molecule has 0 aliphatic heterocycles. The van der Waals surface area contributed by atoms with Gasteiger partial charge in [0.2, 0.25) is 0 Å². The normalized spacial score (nSPS) is 11.4. The minimum Gasteiger partial charge on any atom is -0.236 e. The third kappa shape index (κ3) is 16.8. The zero-order valence-electron chi connectivity index (χ0n) is 17.7. The summed E-state index contributed by atoms with van der Waals surface area (Å²) in [5, 5.41) is 0. The summed E-state index contributed by atoms with van der Waals surface area (Å²) < 4.78 is 0. The summed E-state index contributed by atoms with van der Waals surface area (Å²) in [5.41, 5.74) is 1.15. The first kappa shape index (κ1) is 23.9. The molecular weight excluding hydrogens is 332 g/mol. The second-order valence-electron chi connectivity index (χ2n) is 7.51. The summed E-state index contributed by atoms with van der Waals surface area (Å²) in [6, 6.07) is 10.1. The zero-order valence-corrected chi connectivity index (χ0v) is 17.7. The predicted molar refractivity (Wildman–Crippen MR) is 117 cm³/mol. The molecule has 1 aromatic carbocycles. The standard InChI is InChI=1S/C25H42O2/c1-2-3-4-5-6-7-8-9-10-11-12-13-14-15-16-20-23-26-27-24-25-21-18-17-19-22-25/h9-10,17-19,21-22H,2-8,11-16,20,23-24H2,1H3/b10-9-. The van der Waals surface area contributed by atoms with E-state index in [0.29, 0.717) is 13.2 Å². The van der Waals surface area contributed by atoms with Crippen molar-refractivity contribution in [3.63, 3.8) is 0 Å². The molecule has 0 saturated carbocycles. The maximum atomic E-state index is 5.25. The quantitative estimate of drug-likeness (QED) is 0.105. The van der Waals surface area contributed by atoms with Crippen LogP contribution < -0.4 is 0 Å². The Bertz CT molecular complexity index is 427. The fourth-order valence-corrected chi connectivity index (χ4v) is 3.15. The largest absolute Gasteiger partial charge is 0.236 e. The fraction of sp³-hybridized carbons (Fsp3) is 0.680. The predicted octanol–water partition coefficient (Wildman–Crippen LogP) is 8.17. The van der Waals surface area contributed by atoms with Crippen molar-refractivity contribution in [2.24, 2.45) is 0 Å². The molecule has 0 radical (unpaired) electrons. The third-order valence-corrected chi connectivity index (χ3v) is 4.89. The minimum atomic E-state index is 0.535. The van der Waals surface area contributed by atoms with E-state index in [0.717, 1.165) is 12.0 Å². The molecule has 154 valence electrons. The molecule has 0 aliphatic carbocycles. The van der Waals surface area contributed by atoms with Crippen molar-refractivity contribution in [2.45, 2.75) is 103 Å². The van der Waals surface area contributed by atoms with E-state index in [-0.39, 0.29) is 0 Å². The van der Waals surface area contributed by atoms with Crippen molar-refractivity contribution in [2.75, 3.05) is 6.61 Å². The van der Waals surface area contributed by atoms with E-state index < -0.39 is 0 Å². The van der Waals surface area contributed by atoms with Gasteiger partial charge < -0.3 is 0 Å². The molecule has 1 aromatic rings. The highest BCUT2D eigenvalue weighted by Crippen LogP contribution is 2.10. The summed E-state index contributed by atoms with van der Waals surface area (Å²) in [5.74, 6) is 0. The summed E-state index contributed by atoms with van der Waals surface area (Å²) in [4.78, 5) is 10.5. The third-order valence-electron chi connectivity index (χ3n) is 4.89. The van der Waals surface area contributed by atoms with Gasteiger partial charge in [0.05, 0.1) is 6.61 Å². The lowest BCUT2D eigenvalue weighted by Crippen LogP contribution is -1.97. The molecule has 0 amide bonds. The Morgan fingerprint density at radius 1 is 0.630 bits per heavy atom. The Morgan fingerprint density at radius 2 is 1.19 bits per heavy atom. The highest BCUT2D eigenvalue weighted by Gasteiger charge is 1.94. The van der Waals surface area contributed by atoms with E-state index in [1.165, 1.54) is 83.5 Å². The van der Waals surface area contributed by atoms with E-state index >= 15 is 0 Å². The lowest BCUT2D eigenvalue weighted by molar-refractivity contribution is -0.304. The molecule has 1 rings (SSSR count). The van der Waals surface area contributed by atoms with Crippen LogP contribution in [0.3, 0.4) is 0 Å². The molecule has 0 unspecified atom stereocenters. The van der Waals surface area contributed by atoms with Gasteiger partial charge >= 0.3 is 0 Å². The Morgan fingerprint density at radius 3 is 1.81 bits per heavy atom. The first-order chi connectivity index (χ1) is 13.4. The molecule has 2 heteroatoms. The van der Waals surface area contributed by atoms with Gasteiger partial charge in [0.15, 0.2) is 0 Å². The first-order valence-electron chi connectivity index (χ1n) is 11.4. The topological polar surface area (TPSA) is 18.5 Å². The molecule has 0 bridgehead atoms. The SMILES string of the molecule is CCCCCCCC/C=C\CCCCCCCCOOCc1ccccc1. The number of hydrogen-bond acceptors (Lipinski definition) is 2. The van der Waals surface area contributed by atoms with E-state index in [1.54, 1.807) is 0 Å². The Kier molecular flexibility index (Phi) is 17.4. The molecule has 0 fully saturated rings. The van der Waals surface area contributed by atoms with Crippen molar-refractivity contribution in [1.29, 1.82) is 0 Å². The molecule has 27 heavy (non-hydrogen) atoms. The van der Waals surface area contributed by atoms with Crippen molar-refractivity contribution in [1.82, 2.24) is 0 Å². The van der Waals surface area contributed by atoms with Crippen LogP contribution in [0, 0.1) is 0 Å². The number of rotatable bonds is 19. The van der Waals surface area contributed by atoms with Gasteiger partial charge in [-0.1, -0.05) is 107 Å². The van der Waals surface area contributed by atoms with Crippen LogP contribution in [0.5, 0.6) is 0 Å². The van der Waals surface area contributed by atoms with Gasteiger partial charge in [-0.25, -0.2) is 9.78 Å². The van der Waals surface area contributed by atoms with Gasteiger partial charge in [0.25, 0.3) is 0 Å². The van der Waals surface area contributed by atoms with Crippen molar-refractivity contribution in [3.05, 3.63) is 48.0 Å². The first-order valence-corrected chi connectivity index (χ1v) is 11.4. The molecule has 0 N–H and O–H groups in total. The number of hydrogen-bond donors (Lipinski definition) is 0. The lowest BCUT2D eigenvalue weighted by Gasteiger charge is -2.04. The van der Waals surface area contributed by atoms with Gasteiger partial charge in [-0.05, 0) is 37.7 Å². The molecule has 2 nitrogen and oxygen atoms in total. The number of benzene rings is 1. The molecular formula is C25H42O2. The van der Waals surface area contributed by atoms with Crippen LogP contribution in [0.4, 0.5) is 0 Å². The van der Waals surface area contributed by atoms with Crippen LogP contribution in [0.2, 0.25) is 0 Å². The second-order valence-corrected chi connectivity index (χ2v) is 7.51. The maximum absolute atomic E-state index is 5.25. The van der Waals surface area contributed by atoms with Gasteiger partial charge in [0.1, 0.15) is 6.61 Å². The van der Waals surface area contributed by atoms with Crippen LogP contribution in [-0.2, 0) is 16.4 Å². The van der Waals surface area contributed by atoms with E-state index in [2.05, 4.69) is 19.1 Å². The molecule has 0 heterocycles.